The second-order valence-corrected chi connectivity index (χ2v) is 7.11. The number of carboxylic acid groups (broad SMARTS) is 1. The summed E-state index contributed by atoms with van der Waals surface area (Å²) in [4.78, 5) is 20.5. The van der Waals surface area contributed by atoms with Crippen molar-refractivity contribution < 1.29 is 9.90 Å². The molecule has 2 heterocycles. The average molecular weight is 379 g/mol. The van der Waals surface area contributed by atoms with Crippen LogP contribution < -0.4 is 0 Å². The van der Waals surface area contributed by atoms with Crippen LogP contribution in [-0.2, 0) is 17.6 Å². The van der Waals surface area contributed by atoms with Crippen molar-refractivity contribution in [2.24, 2.45) is 0 Å². The van der Waals surface area contributed by atoms with Gasteiger partial charge in [-0.1, -0.05) is 23.2 Å². The van der Waals surface area contributed by atoms with Gasteiger partial charge in [0.15, 0.2) is 0 Å². The molecule has 1 aromatic carbocycles. The number of thiazole rings is 1. The average Bonchev–Trinajstić information content (AvgIpc) is 2.93. The summed E-state index contributed by atoms with van der Waals surface area (Å²) in [6.07, 6.45) is 3.75. The molecule has 0 aliphatic rings. The molecule has 2 aromatic heterocycles. The number of halogens is 2. The predicted molar refractivity (Wildman–Crippen MR) is 96.0 cm³/mol. The first kappa shape index (κ1) is 16.9. The van der Waals surface area contributed by atoms with Crippen LogP contribution in [0.1, 0.15) is 15.4 Å². The molecule has 0 unspecified atom stereocenters. The van der Waals surface area contributed by atoms with Gasteiger partial charge in [-0.25, -0.2) is 4.98 Å². The van der Waals surface area contributed by atoms with Crippen molar-refractivity contribution in [2.45, 2.75) is 12.8 Å². The zero-order valence-electron chi connectivity index (χ0n) is 12.4. The van der Waals surface area contributed by atoms with Gasteiger partial charge in [0.25, 0.3) is 0 Å². The van der Waals surface area contributed by atoms with Crippen LogP contribution in [0.15, 0.2) is 42.7 Å². The van der Waals surface area contributed by atoms with Crippen molar-refractivity contribution in [2.75, 3.05) is 0 Å². The van der Waals surface area contributed by atoms with E-state index in [1.807, 2.05) is 12.1 Å². The number of benzene rings is 1. The maximum Gasteiger partial charge on any atom is 0.308 e. The predicted octanol–water partition coefficient (Wildman–Crippen LogP) is 4.73. The molecule has 0 saturated carbocycles. The zero-order valence-corrected chi connectivity index (χ0v) is 14.7. The SMILES string of the molecule is O=C(O)Cc1sc(Cc2cc(Cl)ccc2Cl)nc1-c1ccncc1. The Hall–Kier alpha value is -1.95. The van der Waals surface area contributed by atoms with E-state index >= 15 is 0 Å². The molecule has 0 bridgehead atoms. The van der Waals surface area contributed by atoms with Crippen molar-refractivity contribution >= 4 is 40.5 Å². The molecule has 7 heteroatoms. The Labute approximate surface area is 152 Å². The maximum atomic E-state index is 11.1. The molecular weight excluding hydrogens is 367 g/mol. The van der Waals surface area contributed by atoms with Gasteiger partial charge in [-0.05, 0) is 35.9 Å². The van der Waals surface area contributed by atoms with Gasteiger partial charge in [0.05, 0.1) is 17.1 Å². The molecule has 4 nitrogen and oxygen atoms in total. The normalized spacial score (nSPS) is 10.8. The molecule has 3 aromatic rings. The van der Waals surface area contributed by atoms with E-state index < -0.39 is 5.97 Å². The molecule has 0 saturated heterocycles. The van der Waals surface area contributed by atoms with Crippen LogP contribution in [0.25, 0.3) is 11.3 Å². The molecule has 0 radical (unpaired) electrons. The van der Waals surface area contributed by atoms with Crippen LogP contribution >= 0.6 is 34.5 Å². The van der Waals surface area contributed by atoms with Crippen LogP contribution in [0.3, 0.4) is 0 Å². The Balaban J connectivity index is 1.99. The lowest BCUT2D eigenvalue weighted by atomic mass is 10.1. The zero-order chi connectivity index (χ0) is 17.1. The monoisotopic (exact) mass is 378 g/mol. The van der Waals surface area contributed by atoms with Crippen molar-refractivity contribution in [1.29, 1.82) is 0 Å². The third kappa shape index (κ3) is 3.93. The van der Waals surface area contributed by atoms with E-state index in [2.05, 4.69) is 9.97 Å². The third-order valence-electron chi connectivity index (χ3n) is 3.36. The van der Waals surface area contributed by atoms with E-state index in [9.17, 15) is 4.79 Å². The van der Waals surface area contributed by atoms with Gasteiger partial charge in [0, 0.05) is 39.3 Å². The van der Waals surface area contributed by atoms with Crippen LogP contribution in [0.2, 0.25) is 10.0 Å². The molecule has 3 rings (SSSR count). The summed E-state index contributed by atoms with van der Waals surface area (Å²) >= 11 is 13.6. The number of hydrogen-bond acceptors (Lipinski definition) is 4. The number of pyridine rings is 1. The fraction of sp³-hybridized carbons (Fsp3) is 0.118. The number of carboxylic acids is 1. The van der Waals surface area contributed by atoms with Crippen molar-refractivity contribution in [3.05, 3.63) is 68.2 Å². The number of rotatable bonds is 5. The minimum atomic E-state index is -0.888. The lowest BCUT2D eigenvalue weighted by Crippen LogP contribution is -1.99. The standard InChI is InChI=1S/C17H12Cl2N2O2S/c18-12-1-2-13(19)11(7-12)8-15-21-17(10-3-5-20-6-4-10)14(24-15)9-16(22)23/h1-7H,8-9H2,(H,22,23). The largest absolute Gasteiger partial charge is 0.481 e. The molecule has 122 valence electrons. The Morgan fingerprint density at radius 1 is 1.17 bits per heavy atom. The Bertz CT molecular complexity index is 882. The summed E-state index contributed by atoms with van der Waals surface area (Å²) in [5.74, 6) is -0.888. The highest BCUT2D eigenvalue weighted by molar-refractivity contribution is 7.12. The van der Waals surface area contributed by atoms with Crippen molar-refractivity contribution in [1.82, 2.24) is 9.97 Å². The maximum absolute atomic E-state index is 11.1. The van der Waals surface area contributed by atoms with E-state index in [4.69, 9.17) is 28.3 Å². The Morgan fingerprint density at radius 3 is 2.62 bits per heavy atom. The van der Waals surface area contributed by atoms with Crippen LogP contribution in [-0.4, -0.2) is 21.0 Å². The van der Waals surface area contributed by atoms with Crippen LogP contribution in [0.5, 0.6) is 0 Å². The Morgan fingerprint density at radius 2 is 1.92 bits per heavy atom. The van der Waals surface area contributed by atoms with E-state index in [1.165, 1.54) is 11.3 Å². The number of carbonyl (C=O) groups is 1. The molecule has 0 fully saturated rings. The molecule has 1 N–H and O–H groups in total. The minimum Gasteiger partial charge on any atom is -0.481 e. The lowest BCUT2D eigenvalue weighted by molar-refractivity contribution is -0.136. The van der Waals surface area contributed by atoms with Crippen LogP contribution in [0.4, 0.5) is 0 Å². The van der Waals surface area contributed by atoms with E-state index in [-0.39, 0.29) is 6.42 Å². The smallest absolute Gasteiger partial charge is 0.308 e. The summed E-state index contributed by atoms with van der Waals surface area (Å²) in [5, 5.41) is 11.2. The number of aromatic nitrogens is 2. The van der Waals surface area contributed by atoms with Gasteiger partial charge in [-0.2, -0.15) is 0 Å². The molecule has 0 spiro atoms. The molecule has 24 heavy (non-hydrogen) atoms. The first-order valence-corrected chi connectivity index (χ1v) is 8.65. The highest BCUT2D eigenvalue weighted by Gasteiger charge is 2.16. The molecule has 0 aliphatic carbocycles. The van der Waals surface area contributed by atoms with Gasteiger partial charge in [-0.3, -0.25) is 9.78 Å². The van der Waals surface area contributed by atoms with E-state index in [0.29, 0.717) is 27.0 Å². The molecular formula is C17H12Cl2N2O2S. The summed E-state index contributed by atoms with van der Waals surface area (Å²) in [6, 6.07) is 8.91. The topological polar surface area (TPSA) is 63.1 Å². The number of nitrogens with zero attached hydrogens (tertiary/aromatic N) is 2. The molecule has 0 atom stereocenters. The number of aliphatic carboxylic acids is 1. The van der Waals surface area contributed by atoms with Gasteiger partial charge < -0.3 is 5.11 Å². The van der Waals surface area contributed by atoms with Gasteiger partial charge in [-0.15, -0.1) is 11.3 Å². The highest BCUT2D eigenvalue weighted by Crippen LogP contribution is 2.31. The van der Waals surface area contributed by atoms with Gasteiger partial charge in [0.2, 0.25) is 0 Å². The summed E-state index contributed by atoms with van der Waals surface area (Å²) < 4.78 is 0. The summed E-state index contributed by atoms with van der Waals surface area (Å²) in [5.41, 5.74) is 2.39. The fourth-order valence-corrected chi connectivity index (χ4v) is 3.79. The van der Waals surface area contributed by atoms with Gasteiger partial charge >= 0.3 is 5.97 Å². The van der Waals surface area contributed by atoms with Crippen molar-refractivity contribution in [3.63, 3.8) is 0 Å². The molecule has 0 aliphatic heterocycles. The van der Waals surface area contributed by atoms with Crippen molar-refractivity contribution in [3.8, 4) is 11.3 Å². The van der Waals surface area contributed by atoms with E-state index in [0.717, 1.165) is 16.1 Å². The van der Waals surface area contributed by atoms with E-state index in [1.54, 1.807) is 30.6 Å². The van der Waals surface area contributed by atoms with Gasteiger partial charge in [0.1, 0.15) is 0 Å². The second kappa shape index (κ2) is 7.30. The van der Waals surface area contributed by atoms with Crippen LogP contribution in [0, 0.1) is 0 Å². The first-order chi connectivity index (χ1) is 11.5. The highest BCUT2D eigenvalue weighted by atomic mass is 35.5. The lowest BCUT2D eigenvalue weighted by Gasteiger charge is -2.02. The summed E-state index contributed by atoms with van der Waals surface area (Å²) in [6.45, 7) is 0. The first-order valence-electron chi connectivity index (χ1n) is 7.07. The fourth-order valence-electron chi connectivity index (χ4n) is 2.31. The quantitative estimate of drug-likeness (QED) is 0.696. The Kier molecular flexibility index (Phi) is 5.14. The minimum absolute atomic E-state index is 0.0708. The summed E-state index contributed by atoms with van der Waals surface area (Å²) in [7, 11) is 0. The number of hydrogen-bond donors (Lipinski definition) is 1. The third-order valence-corrected chi connectivity index (χ3v) is 5.02. The molecule has 0 amide bonds. The second-order valence-electron chi connectivity index (χ2n) is 5.10.